The van der Waals surface area contributed by atoms with Crippen molar-refractivity contribution in [2.45, 2.75) is 13.3 Å². The highest BCUT2D eigenvalue weighted by Gasteiger charge is 2.12. The Balaban J connectivity index is 1.62. The van der Waals surface area contributed by atoms with E-state index in [9.17, 15) is 9.18 Å². The highest BCUT2D eigenvalue weighted by Crippen LogP contribution is 2.27. The van der Waals surface area contributed by atoms with Crippen molar-refractivity contribution in [2.24, 2.45) is 0 Å². The number of carbonyl (C=O) groups is 1. The van der Waals surface area contributed by atoms with E-state index < -0.39 is 11.7 Å². The predicted octanol–water partition coefficient (Wildman–Crippen LogP) is 3.63. The third-order valence-corrected chi connectivity index (χ3v) is 4.84. The molecule has 1 aromatic carbocycles. The van der Waals surface area contributed by atoms with Gasteiger partial charge < -0.3 is 5.32 Å². The van der Waals surface area contributed by atoms with E-state index in [4.69, 9.17) is 0 Å². The average molecular weight is 341 g/mol. The second-order valence-electron chi connectivity index (χ2n) is 5.25. The van der Waals surface area contributed by atoms with Gasteiger partial charge >= 0.3 is 0 Å². The third-order valence-electron chi connectivity index (χ3n) is 3.58. The number of hydrogen-bond donors (Lipinski definition) is 1. The minimum absolute atomic E-state index is 0.0657. The van der Waals surface area contributed by atoms with Crippen LogP contribution < -0.4 is 5.32 Å². The van der Waals surface area contributed by atoms with Gasteiger partial charge in [0, 0.05) is 35.8 Å². The minimum atomic E-state index is -0.510. The van der Waals surface area contributed by atoms with Crippen molar-refractivity contribution in [2.75, 3.05) is 6.54 Å². The first-order chi connectivity index (χ1) is 11.6. The molecule has 1 N–H and O–H groups in total. The number of amides is 1. The zero-order chi connectivity index (χ0) is 16.9. The van der Waals surface area contributed by atoms with Crippen LogP contribution >= 0.6 is 11.3 Å². The van der Waals surface area contributed by atoms with Crippen molar-refractivity contribution in [1.82, 2.24) is 15.3 Å². The molecular weight excluding hydrogens is 325 g/mol. The van der Waals surface area contributed by atoms with Crippen LogP contribution in [0.3, 0.4) is 0 Å². The number of pyridine rings is 1. The summed E-state index contributed by atoms with van der Waals surface area (Å²) in [6, 6.07) is 9.80. The Morgan fingerprint density at radius 3 is 2.71 bits per heavy atom. The van der Waals surface area contributed by atoms with Crippen molar-refractivity contribution in [3.8, 4) is 10.6 Å². The third kappa shape index (κ3) is 3.65. The second kappa shape index (κ2) is 7.31. The molecule has 24 heavy (non-hydrogen) atoms. The molecule has 0 fully saturated rings. The van der Waals surface area contributed by atoms with Crippen LogP contribution in [0.1, 0.15) is 20.9 Å². The molecule has 6 heteroatoms. The fourth-order valence-corrected chi connectivity index (χ4v) is 3.38. The lowest BCUT2D eigenvalue weighted by Crippen LogP contribution is -2.26. The molecule has 2 heterocycles. The van der Waals surface area contributed by atoms with E-state index in [1.54, 1.807) is 35.9 Å². The van der Waals surface area contributed by atoms with Gasteiger partial charge in [0.05, 0.1) is 11.3 Å². The number of aryl methyl sites for hydroxylation is 1. The normalized spacial score (nSPS) is 10.6. The lowest BCUT2D eigenvalue weighted by molar-refractivity contribution is 0.0950. The maximum Gasteiger partial charge on any atom is 0.254 e. The highest BCUT2D eigenvalue weighted by molar-refractivity contribution is 7.15. The molecular formula is C18H16FN3OS. The van der Waals surface area contributed by atoms with Gasteiger partial charge in [-0.3, -0.25) is 9.78 Å². The second-order valence-corrected chi connectivity index (χ2v) is 6.33. The molecule has 2 aromatic heterocycles. The number of carbonyl (C=O) groups excluding carboxylic acids is 1. The van der Waals surface area contributed by atoms with Crippen LogP contribution in [-0.4, -0.2) is 22.4 Å². The molecule has 0 unspecified atom stereocenters. The number of thiazole rings is 1. The van der Waals surface area contributed by atoms with Crippen LogP contribution in [0.15, 0.2) is 48.8 Å². The van der Waals surface area contributed by atoms with E-state index in [1.165, 1.54) is 12.1 Å². The van der Waals surface area contributed by atoms with Gasteiger partial charge in [0.25, 0.3) is 5.91 Å². The van der Waals surface area contributed by atoms with Gasteiger partial charge in [-0.1, -0.05) is 12.1 Å². The van der Waals surface area contributed by atoms with E-state index in [1.807, 2.05) is 19.1 Å². The van der Waals surface area contributed by atoms with E-state index in [-0.39, 0.29) is 5.56 Å². The van der Waals surface area contributed by atoms with Crippen molar-refractivity contribution in [1.29, 1.82) is 0 Å². The van der Waals surface area contributed by atoms with Crippen molar-refractivity contribution in [3.05, 3.63) is 70.7 Å². The van der Waals surface area contributed by atoms with E-state index in [2.05, 4.69) is 15.3 Å². The Labute approximate surface area is 143 Å². The summed E-state index contributed by atoms with van der Waals surface area (Å²) in [6.07, 6.45) is 4.13. The maximum atomic E-state index is 13.6. The number of rotatable bonds is 5. The zero-order valence-electron chi connectivity index (χ0n) is 13.1. The average Bonchev–Trinajstić information content (AvgIpc) is 2.97. The number of nitrogens with zero attached hydrogens (tertiary/aromatic N) is 2. The maximum absolute atomic E-state index is 13.6. The van der Waals surface area contributed by atoms with Crippen LogP contribution in [0.2, 0.25) is 0 Å². The molecule has 0 spiro atoms. The first kappa shape index (κ1) is 16.3. The van der Waals surface area contributed by atoms with Gasteiger partial charge in [0.2, 0.25) is 0 Å². The predicted molar refractivity (Wildman–Crippen MR) is 92.5 cm³/mol. The summed E-state index contributed by atoms with van der Waals surface area (Å²) in [7, 11) is 0. The van der Waals surface area contributed by atoms with Crippen LogP contribution in [0.5, 0.6) is 0 Å². The summed E-state index contributed by atoms with van der Waals surface area (Å²) in [4.78, 5) is 21.7. The summed E-state index contributed by atoms with van der Waals surface area (Å²) >= 11 is 1.60. The van der Waals surface area contributed by atoms with Crippen molar-refractivity contribution < 1.29 is 9.18 Å². The standard InChI is InChI=1S/C18H16FN3OS/c1-12-16(24-18(22-12)13-6-9-20-10-7-13)8-11-21-17(23)14-4-2-3-5-15(14)19/h2-7,9-10H,8,11H2,1H3,(H,21,23). The summed E-state index contributed by atoms with van der Waals surface area (Å²) in [5.74, 6) is -0.909. The largest absolute Gasteiger partial charge is 0.352 e. The summed E-state index contributed by atoms with van der Waals surface area (Å²) in [5.41, 5.74) is 2.04. The number of aromatic nitrogens is 2. The molecule has 4 nitrogen and oxygen atoms in total. The number of benzene rings is 1. The van der Waals surface area contributed by atoms with Gasteiger partial charge in [0.1, 0.15) is 10.8 Å². The first-order valence-electron chi connectivity index (χ1n) is 7.54. The summed E-state index contributed by atoms with van der Waals surface area (Å²) in [5, 5.41) is 3.69. The van der Waals surface area contributed by atoms with E-state index >= 15 is 0 Å². The number of halogens is 1. The van der Waals surface area contributed by atoms with E-state index in [0.717, 1.165) is 21.1 Å². The molecule has 122 valence electrons. The Morgan fingerprint density at radius 1 is 1.21 bits per heavy atom. The molecule has 0 aliphatic heterocycles. The molecule has 1 amide bonds. The van der Waals surface area contributed by atoms with Gasteiger partial charge in [-0.25, -0.2) is 9.37 Å². The highest BCUT2D eigenvalue weighted by atomic mass is 32.1. The molecule has 0 bridgehead atoms. The molecule has 0 saturated carbocycles. The quantitative estimate of drug-likeness (QED) is 0.771. The van der Waals surface area contributed by atoms with E-state index in [0.29, 0.717) is 13.0 Å². The number of nitrogens with one attached hydrogen (secondary N) is 1. The van der Waals surface area contributed by atoms with Gasteiger partial charge in [-0.15, -0.1) is 11.3 Å². The lowest BCUT2D eigenvalue weighted by atomic mass is 10.2. The molecule has 3 aromatic rings. The van der Waals surface area contributed by atoms with Gasteiger partial charge in [0.15, 0.2) is 0 Å². The zero-order valence-corrected chi connectivity index (χ0v) is 13.9. The molecule has 0 aliphatic carbocycles. The SMILES string of the molecule is Cc1nc(-c2ccncc2)sc1CCNC(=O)c1ccccc1F. The molecule has 0 atom stereocenters. The van der Waals surface area contributed by atoms with Crippen LogP contribution in [-0.2, 0) is 6.42 Å². The van der Waals surface area contributed by atoms with Crippen molar-refractivity contribution >= 4 is 17.2 Å². The van der Waals surface area contributed by atoms with Gasteiger partial charge in [-0.2, -0.15) is 0 Å². The van der Waals surface area contributed by atoms with Crippen molar-refractivity contribution in [3.63, 3.8) is 0 Å². The Morgan fingerprint density at radius 2 is 1.96 bits per heavy atom. The first-order valence-corrected chi connectivity index (χ1v) is 8.36. The van der Waals surface area contributed by atoms with Gasteiger partial charge in [-0.05, 0) is 31.2 Å². The fraction of sp³-hybridized carbons (Fsp3) is 0.167. The minimum Gasteiger partial charge on any atom is -0.352 e. The molecule has 0 aliphatic rings. The molecule has 3 rings (SSSR count). The fourth-order valence-electron chi connectivity index (χ4n) is 2.31. The van der Waals surface area contributed by atoms with Crippen LogP contribution in [0.25, 0.3) is 10.6 Å². The number of hydrogen-bond acceptors (Lipinski definition) is 4. The smallest absolute Gasteiger partial charge is 0.254 e. The monoisotopic (exact) mass is 341 g/mol. The topological polar surface area (TPSA) is 54.9 Å². The molecule has 0 radical (unpaired) electrons. The van der Waals surface area contributed by atoms with Crippen LogP contribution in [0.4, 0.5) is 4.39 Å². The van der Waals surface area contributed by atoms with Crippen LogP contribution in [0, 0.1) is 12.7 Å². The summed E-state index contributed by atoms with van der Waals surface area (Å²) < 4.78 is 13.6. The molecule has 0 saturated heterocycles. The summed E-state index contributed by atoms with van der Waals surface area (Å²) in [6.45, 7) is 2.39. The Hall–Kier alpha value is -2.60. The Bertz CT molecular complexity index is 848. The lowest BCUT2D eigenvalue weighted by Gasteiger charge is -2.05. The Kier molecular flexibility index (Phi) is 4.96.